The molecule has 17 heavy (non-hydrogen) atoms. The molecule has 1 aliphatic heterocycles. The van der Waals surface area contributed by atoms with E-state index in [1.165, 1.54) is 6.42 Å². The number of aromatic nitrogens is 1. The summed E-state index contributed by atoms with van der Waals surface area (Å²) in [6.45, 7) is 5.31. The van der Waals surface area contributed by atoms with Gasteiger partial charge in [-0.25, -0.2) is 0 Å². The Labute approximate surface area is 102 Å². The molecule has 94 valence electrons. The number of ether oxygens (including phenoxy) is 1. The standard InChI is InChI=1S/C13H20N2O2/c1-10-2-3-13(16)12(15-10)8-14-6-4-11-5-7-17-9-11/h2-3,11,14,16H,4-9H2,1H3. The molecule has 1 fully saturated rings. The van der Waals surface area contributed by atoms with Crippen molar-refractivity contribution in [2.75, 3.05) is 19.8 Å². The number of hydrogen-bond acceptors (Lipinski definition) is 4. The Bertz CT molecular complexity index is 362. The van der Waals surface area contributed by atoms with Crippen LogP contribution in [0.1, 0.15) is 24.2 Å². The van der Waals surface area contributed by atoms with Gasteiger partial charge in [0.25, 0.3) is 0 Å². The van der Waals surface area contributed by atoms with Crippen LogP contribution in [0.3, 0.4) is 0 Å². The average molecular weight is 236 g/mol. The highest BCUT2D eigenvalue weighted by atomic mass is 16.5. The number of pyridine rings is 1. The second-order valence-corrected chi connectivity index (χ2v) is 4.61. The van der Waals surface area contributed by atoms with Crippen molar-refractivity contribution >= 4 is 0 Å². The molecule has 2 rings (SSSR count). The minimum atomic E-state index is 0.271. The molecule has 0 amide bonds. The fourth-order valence-electron chi connectivity index (χ4n) is 2.06. The number of rotatable bonds is 5. The van der Waals surface area contributed by atoms with Crippen molar-refractivity contribution in [1.82, 2.24) is 10.3 Å². The van der Waals surface area contributed by atoms with E-state index in [-0.39, 0.29) is 5.75 Å². The maximum Gasteiger partial charge on any atom is 0.138 e. The van der Waals surface area contributed by atoms with E-state index in [0.29, 0.717) is 12.5 Å². The lowest BCUT2D eigenvalue weighted by atomic mass is 10.1. The van der Waals surface area contributed by atoms with E-state index in [4.69, 9.17) is 4.74 Å². The van der Waals surface area contributed by atoms with E-state index in [0.717, 1.165) is 37.6 Å². The summed E-state index contributed by atoms with van der Waals surface area (Å²) in [4.78, 5) is 4.30. The predicted octanol–water partition coefficient (Wildman–Crippen LogP) is 1.61. The van der Waals surface area contributed by atoms with E-state index in [9.17, 15) is 5.11 Å². The summed E-state index contributed by atoms with van der Waals surface area (Å²) in [7, 11) is 0. The van der Waals surface area contributed by atoms with Crippen LogP contribution in [-0.2, 0) is 11.3 Å². The van der Waals surface area contributed by atoms with Gasteiger partial charge in [-0.15, -0.1) is 0 Å². The highest BCUT2D eigenvalue weighted by Gasteiger charge is 2.14. The van der Waals surface area contributed by atoms with E-state index >= 15 is 0 Å². The van der Waals surface area contributed by atoms with Crippen LogP contribution in [0.4, 0.5) is 0 Å². The number of aryl methyl sites for hydroxylation is 1. The fraction of sp³-hybridized carbons (Fsp3) is 0.615. The molecule has 1 aromatic heterocycles. The zero-order valence-electron chi connectivity index (χ0n) is 10.3. The summed E-state index contributed by atoms with van der Waals surface area (Å²) in [5, 5.41) is 12.9. The molecule has 0 bridgehead atoms. The van der Waals surface area contributed by atoms with Crippen LogP contribution in [0.5, 0.6) is 5.75 Å². The fourth-order valence-corrected chi connectivity index (χ4v) is 2.06. The Morgan fingerprint density at radius 1 is 1.53 bits per heavy atom. The van der Waals surface area contributed by atoms with Gasteiger partial charge in [-0.2, -0.15) is 0 Å². The summed E-state index contributed by atoms with van der Waals surface area (Å²) < 4.78 is 5.33. The van der Waals surface area contributed by atoms with Crippen molar-refractivity contribution in [3.8, 4) is 5.75 Å². The number of aromatic hydroxyl groups is 1. The van der Waals surface area contributed by atoms with Gasteiger partial charge in [-0.05, 0) is 44.4 Å². The van der Waals surface area contributed by atoms with Gasteiger partial charge in [0.15, 0.2) is 0 Å². The maximum atomic E-state index is 9.62. The van der Waals surface area contributed by atoms with Crippen molar-refractivity contribution in [3.05, 3.63) is 23.5 Å². The SMILES string of the molecule is Cc1ccc(O)c(CNCCC2CCOC2)n1. The second-order valence-electron chi connectivity index (χ2n) is 4.61. The first-order valence-electron chi connectivity index (χ1n) is 6.19. The summed E-state index contributed by atoms with van der Waals surface area (Å²) >= 11 is 0. The van der Waals surface area contributed by atoms with Gasteiger partial charge in [0.1, 0.15) is 5.75 Å². The topological polar surface area (TPSA) is 54.4 Å². The van der Waals surface area contributed by atoms with Gasteiger partial charge >= 0.3 is 0 Å². The van der Waals surface area contributed by atoms with Gasteiger partial charge in [0.2, 0.25) is 0 Å². The molecule has 1 aliphatic rings. The molecular weight excluding hydrogens is 216 g/mol. The summed E-state index contributed by atoms with van der Waals surface area (Å²) in [6, 6.07) is 3.51. The Morgan fingerprint density at radius 2 is 2.41 bits per heavy atom. The van der Waals surface area contributed by atoms with Gasteiger partial charge < -0.3 is 15.2 Å². The predicted molar refractivity (Wildman–Crippen MR) is 65.9 cm³/mol. The molecule has 2 N–H and O–H groups in total. The van der Waals surface area contributed by atoms with E-state index in [1.807, 2.05) is 13.0 Å². The smallest absolute Gasteiger partial charge is 0.138 e. The monoisotopic (exact) mass is 236 g/mol. The lowest BCUT2D eigenvalue weighted by molar-refractivity contribution is 0.184. The molecule has 4 nitrogen and oxygen atoms in total. The summed E-state index contributed by atoms with van der Waals surface area (Å²) in [6.07, 6.45) is 2.31. The first-order chi connectivity index (χ1) is 8.25. The molecule has 0 radical (unpaired) electrons. The zero-order chi connectivity index (χ0) is 12.1. The largest absolute Gasteiger partial charge is 0.506 e. The van der Waals surface area contributed by atoms with Crippen LogP contribution in [0, 0.1) is 12.8 Å². The molecule has 0 aliphatic carbocycles. The minimum absolute atomic E-state index is 0.271. The Balaban J connectivity index is 1.72. The van der Waals surface area contributed by atoms with E-state index < -0.39 is 0 Å². The van der Waals surface area contributed by atoms with Crippen LogP contribution in [-0.4, -0.2) is 29.8 Å². The van der Waals surface area contributed by atoms with Crippen LogP contribution in [0.15, 0.2) is 12.1 Å². The highest BCUT2D eigenvalue weighted by molar-refractivity contribution is 5.27. The highest BCUT2D eigenvalue weighted by Crippen LogP contribution is 2.16. The number of nitrogens with zero attached hydrogens (tertiary/aromatic N) is 1. The normalized spacial score (nSPS) is 19.7. The van der Waals surface area contributed by atoms with Crippen LogP contribution >= 0.6 is 0 Å². The van der Waals surface area contributed by atoms with Gasteiger partial charge in [-0.1, -0.05) is 0 Å². The molecule has 1 atom stereocenters. The van der Waals surface area contributed by atoms with Gasteiger partial charge in [0.05, 0.1) is 5.69 Å². The van der Waals surface area contributed by atoms with E-state index in [1.54, 1.807) is 6.07 Å². The van der Waals surface area contributed by atoms with Crippen molar-refractivity contribution < 1.29 is 9.84 Å². The third-order valence-electron chi connectivity index (χ3n) is 3.14. The van der Waals surface area contributed by atoms with Crippen LogP contribution in [0.2, 0.25) is 0 Å². The molecule has 0 aromatic carbocycles. The average Bonchev–Trinajstić information content (AvgIpc) is 2.82. The molecule has 1 unspecified atom stereocenters. The minimum Gasteiger partial charge on any atom is -0.506 e. The summed E-state index contributed by atoms with van der Waals surface area (Å²) in [5.41, 5.74) is 1.66. The van der Waals surface area contributed by atoms with Gasteiger partial charge in [-0.3, -0.25) is 4.98 Å². The third-order valence-corrected chi connectivity index (χ3v) is 3.14. The van der Waals surface area contributed by atoms with Crippen molar-refractivity contribution in [1.29, 1.82) is 0 Å². The first kappa shape index (κ1) is 12.3. The molecular formula is C13H20N2O2. The molecule has 2 heterocycles. The lowest BCUT2D eigenvalue weighted by Crippen LogP contribution is -2.18. The molecule has 1 aromatic rings. The maximum absolute atomic E-state index is 9.62. The van der Waals surface area contributed by atoms with Gasteiger partial charge in [0, 0.05) is 25.5 Å². The Hall–Kier alpha value is -1.13. The molecule has 0 saturated carbocycles. The Morgan fingerprint density at radius 3 is 3.18 bits per heavy atom. The van der Waals surface area contributed by atoms with Crippen molar-refractivity contribution in [2.24, 2.45) is 5.92 Å². The molecule has 0 spiro atoms. The van der Waals surface area contributed by atoms with Crippen LogP contribution in [0.25, 0.3) is 0 Å². The Kier molecular flexibility index (Phi) is 4.34. The third kappa shape index (κ3) is 3.68. The lowest BCUT2D eigenvalue weighted by Gasteiger charge is -2.09. The zero-order valence-corrected chi connectivity index (χ0v) is 10.3. The number of hydrogen-bond donors (Lipinski definition) is 2. The molecule has 1 saturated heterocycles. The summed E-state index contributed by atoms with van der Waals surface area (Å²) in [5.74, 6) is 0.967. The second kappa shape index (κ2) is 5.98. The molecule has 4 heteroatoms. The van der Waals surface area contributed by atoms with Crippen molar-refractivity contribution in [2.45, 2.75) is 26.3 Å². The van der Waals surface area contributed by atoms with Crippen LogP contribution < -0.4 is 5.32 Å². The van der Waals surface area contributed by atoms with Crippen molar-refractivity contribution in [3.63, 3.8) is 0 Å². The quantitative estimate of drug-likeness (QED) is 0.763. The number of nitrogens with one attached hydrogen (secondary N) is 1. The first-order valence-corrected chi connectivity index (χ1v) is 6.19. The van der Waals surface area contributed by atoms with E-state index in [2.05, 4.69) is 10.3 Å².